The number of carbonyl (C=O) groups is 2. The summed E-state index contributed by atoms with van der Waals surface area (Å²) in [6, 6.07) is 6.64. The smallest absolute Gasteiger partial charge is 0.226 e. The van der Waals surface area contributed by atoms with Crippen LogP contribution in [0.25, 0.3) is 10.9 Å². The van der Waals surface area contributed by atoms with Crippen LogP contribution in [-0.2, 0) is 9.59 Å². The van der Waals surface area contributed by atoms with E-state index in [0.717, 1.165) is 29.3 Å². The summed E-state index contributed by atoms with van der Waals surface area (Å²) in [6.45, 7) is 7.01. The predicted molar refractivity (Wildman–Crippen MR) is 106 cm³/mol. The number of hydrogen-bond acceptors (Lipinski definition) is 3. The largest absolute Gasteiger partial charge is 0.335 e. The second-order valence-electron chi connectivity index (χ2n) is 9.59. The predicted octanol–water partition coefficient (Wildman–Crippen LogP) is 4.33. The van der Waals surface area contributed by atoms with Gasteiger partial charge in [-0.1, -0.05) is 20.8 Å². The van der Waals surface area contributed by atoms with Gasteiger partial charge >= 0.3 is 0 Å². The number of benzene rings is 1. The van der Waals surface area contributed by atoms with Crippen LogP contribution >= 0.6 is 0 Å². The lowest BCUT2D eigenvalue weighted by Gasteiger charge is -2.22. The van der Waals surface area contributed by atoms with E-state index in [1.807, 2.05) is 26.8 Å². The zero-order chi connectivity index (χ0) is 20.1. The van der Waals surface area contributed by atoms with Gasteiger partial charge in [-0.05, 0) is 59.9 Å². The molecule has 0 spiro atoms. The maximum Gasteiger partial charge on any atom is 0.226 e. The van der Waals surface area contributed by atoms with Gasteiger partial charge in [0.05, 0.1) is 12.1 Å². The number of Topliss-reactive ketones (excluding diaryl/α,β-unsaturated/α-hetero) is 1. The van der Waals surface area contributed by atoms with Crippen molar-refractivity contribution in [1.82, 2.24) is 9.88 Å². The Bertz CT molecular complexity index is 934. The van der Waals surface area contributed by atoms with E-state index in [1.54, 1.807) is 23.2 Å². The van der Waals surface area contributed by atoms with Gasteiger partial charge in [0.1, 0.15) is 5.82 Å². The highest BCUT2D eigenvalue weighted by molar-refractivity contribution is 5.89. The van der Waals surface area contributed by atoms with Crippen LogP contribution in [0.2, 0.25) is 0 Å². The summed E-state index contributed by atoms with van der Waals surface area (Å²) in [5.74, 6) is 0.464. The van der Waals surface area contributed by atoms with Crippen LogP contribution in [0.15, 0.2) is 30.5 Å². The summed E-state index contributed by atoms with van der Waals surface area (Å²) in [5.41, 5.74) is 1.82. The fraction of sp³-hybridized carbons (Fsp3) is 0.522. The Morgan fingerprint density at radius 2 is 2.04 bits per heavy atom. The maximum absolute atomic E-state index is 13.8. The lowest BCUT2D eigenvalue weighted by atomic mass is 9.90. The fourth-order valence-corrected chi connectivity index (χ4v) is 4.99. The molecule has 2 aliphatic rings. The minimum atomic E-state index is -0.264. The van der Waals surface area contributed by atoms with Gasteiger partial charge in [0.15, 0.2) is 5.78 Å². The fourth-order valence-electron chi connectivity index (χ4n) is 4.99. The Balaban J connectivity index is 1.48. The monoisotopic (exact) mass is 382 g/mol. The minimum absolute atomic E-state index is 0.0239. The molecule has 148 valence electrons. The Morgan fingerprint density at radius 3 is 2.75 bits per heavy atom. The molecule has 0 N–H and O–H groups in total. The summed E-state index contributed by atoms with van der Waals surface area (Å²) in [4.78, 5) is 31.3. The third-order valence-corrected chi connectivity index (χ3v) is 6.05. The molecule has 1 aromatic heterocycles. The molecule has 4 rings (SSSR count). The average Bonchev–Trinajstić information content (AvgIpc) is 3.12. The number of hydrogen-bond donors (Lipinski definition) is 0. The van der Waals surface area contributed by atoms with Crippen LogP contribution in [0.3, 0.4) is 0 Å². The first-order chi connectivity index (χ1) is 13.2. The Labute approximate surface area is 165 Å². The van der Waals surface area contributed by atoms with Gasteiger partial charge in [-0.25, -0.2) is 4.39 Å². The Hall–Kier alpha value is -2.30. The average molecular weight is 382 g/mol. The van der Waals surface area contributed by atoms with Crippen molar-refractivity contribution in [2.24, 2.45) is 17.3 Å². The third-order valence-electron chi connectivity index (χ3n) is 6.05. The summed E-state index contributed by atoms with van der Waals surface area (Å²) >= 11 is 0. The van der Waals surface area contributed by atoms with E-state index in [9.17, 15) is 14.0 Å². The molecule has 0 bridgehead atoms. The zero-order valence-corrected chi connectivity index (χ0v) is 16.7. The summed E-state index contributed by atoms with van der Waals surface area (Å²) < 4.78 is 13.8. The zero-order valence-electron chi connectivity index (χ0n) is 16.7. The van der Waals surface area contributed by atoms with Crippen molar-refractivity contribution in [3.8, 4) is 0 Å². The molecule has 5 heteroatoms. The van der Waals surface area contributed by atoms with Gasteiger partial charge in [0.25, 0.3) is 0 Å². The van der Waals surface area contributed by atoms with E-state index < -0.39 is 0 Å². The molecule has 2 heterocycles. The van der Waals surface area contributed by atoms with Gasteiger partial charge in [-0.3, -0.25) is 14.6 Å². The van der Waals surface area contributed by atoms with Gasteiger partial charge in [-0.2, -0.15) is 0 Å². The molecule has 1 saturated heterocycles. The molecular weight excluding hydrogens is 355 g/mol. The van der Waals surface area contributed by atoms with Crippen molar-refractivity contribution in [2.75, 3.05) is 13.1 Å². The van der Waals surface area contributed by atoms with Gasteiger partial charge in [0, 0.05) is 30.5 Å². The second-order valence-corrected chi connectivity index (χ2v) is 9.59. The molecule has 2 aromatic rings. The van der Waals surface area contributed by atoms with Crippen molar-refractivity contribution in [3.63, 3.8) is 0 Å². The first-order valence-corrected chi connectivity index (χ1v) is 10.1. The molecule has 28 heavy (non-hydrogen) atoms. The number of pyridine rings is 1. The molecule has 2 fully saturated rings. The van der Waals surface area contributed by atoms with Crippen LogP contribution in [-0.4, -0.2) is 34.7 Å². The first-order valence-electron chi connectivity index (χ1n) is 10.1. The second kappa shape index (κ2) is 6.94. The number of amides is 1. The topological polar surface area (TPSA) is 50.3 Å². The molecule has 1 aliphatic carbocycles. The minimum Gasteiger partial charge on any atom is -0.335 e. The van der Waals surface area contributed by atoms with E-state index in [-0.39, 0.29) is 47.2 Å². The van der Waals surface area contributed by atoms with E-state index in [0.29, 0.717) is 13.0 Å². The molecular formula is C23H27FN2O2. The lowest BCUT2D eigenvalue weighted by molar-refractivity contribution is -0.135. The van der Waals surface area contributed by atoms with Crippen LogP contribution in [0.1, 0.15) is 51.5 Å². The van der Waals surface area contributed by atoms with E-state index >= 15 is 0 Å². The number of rotatable bonds is 4. The highest BCUT2D eigenvalue weighted by Crippen LogP contribution is 2.48. The van der Waals surface area contributed by atoms with Crippen molar-refractivity contribution in [2.45, 2.75) is 46.0 Å². The quantitative estimate of drug-likeness (QED) is 0.791. The van der Waals surface area contributed by atoms with Crippen molar-refractivity contribution in [3.05, 3.63) is 41.8 Å². The van der Waals surface area contributed by atoms with Crippen LogP contribution in [0, 0.1) is 23.1 Å². The van der Waals surface area contributed by atoms with Crippen molar-refractivity contribution >= 4 is 22.6 Å². The van der Waals surface area contributed by atoms with Crippen molar-refractivity contribution in [1.29, 1.82) is 0 Å². The number of likely N-dealkylation sites (tertiary alicyclic amines) is 1. The molecule has 1 amide bonds. The first kappa shape index (κ1) is 19.0. The SMILES string of the molecule is CC(C)(C)CC(=O)CN1C[C@H]2C[C@@H](c3ccnc4ccc(F)cc34)C[C@H]2C1=O. The number of carbonyl (C=O) groups excluding carboxylic acids is 2. The summed E-state index contributed by atoms with van der Waals surface area (Å²) in [5, 5.41) is 0.845. The number of nitrogens with zero attached hydrogens (tertiary/aromatic N) is 2. The standard InChI is InChI=1S/C23H27FN2O2/c1-23(2,3)11-17(27)13-26-12-15-8-14(9-19(15)22(26)28)18-6-7-25-21-5-4-16(24)10-20(18)21/h4-7,10,14-15,19H,8-9,11-13H2,1-3H3/t14-,15-,19-/m1/s1. The third kappa shape index (κ3) is 3.67. The van der Waals surface area contributed by atoms with Crippen LogP contribution in [0.4, 0.5) is 4.39 Å². The normalized spacial score (nSPS) is 24.8. The lowest BCUT2D eigenvalue weighted by Crippen LogP contribution is -2.34. The van der Waals surface area contributed by atoms with Crippen molar-refractivity contribution < 1.29 is 14.0 Å². The van der Waals surface area contributed by atoms with Crippen LogP contribution < -0.4 is 0 Å². The highest BCUT2D eigenvalue weighted by Gasteiger charge is 2.47. The molecule has 0 radical (unpaired) electrons. The number of fused-ring (bicyclic) bond motifs is 2. The molecule has 4 nitrogen and oxygen atoms in total. The van der Waals surface area contributed by atoms with Crippen LogP contribution in [0.5, 0.6) is 0 Å². The van der Waals surface area contributed by atoms with Gasteiger partial charge < -0.3 is 4.90 Å². The number of aromatic nitrogens is 1. The molecule has 1 aliphatic heterocycles. The highest BCUT2D eigenvalue weighted by atomic mass is 19.1. The number of ketones is 1. The molecule has 1 aromatic carbocycles. The number of halogens is 1. The molecule has 3 atom stereocenters. The maximum atomic E-state index is 13.8. The van der Waals surface area contributed by atoms with E-state index in [4.69, 9.17) is 0 Å². The molecule has 1 saturated carbocycles. The summed E-state index contributed by atoms with van der Waals surface area (Å²) in [6.07, 6.45) is 3.92. The Morgan fingerprint density at radius 1 is 1.25 bits per heavy atom. The Kier molecular flexibility index (Phi) is 4.72. The summed E-state index contributed by atoms with van der Waals surface area (Å²) in [7, 11) is 0. The van der Waals surface area contributed by atoms with Gasteiger partial charge in [-0.15, -0.1) is 0 Å². The van der Waals surface area contributed by atoms with E-state index in [1.165, 1.54) is 6.07 Å². The molecule has 0 unspecified atom stereocenters. The van der Waals surface area contributed by atoms with E-state index in [2.05, 4.69) is 4.98 Å². The van der Waals surface area contributed by atoms with Gasteiger partial charge in [0.2, 0.25) is 5.91 Å².